The SMILES string of the molecule is CCCCc1ccc2c(CCCC)cccc2c1S(=O)(=O)O. The lowest BCUT2D eigenvalue weighted by molar-refractivity contribution is 0.483. The molecule has 0 saturated heterocycles. The summed E-state index contributed by atoms with van der Waals surface area (Å²) in [5.41, 5.74) is 1.86. The van der Waals surface area contributed by atoms with Crippen LogP contribution in [0.2, 0.25) is 0 Å². The number of hydrogen-bond donors (Lipinski definition) is 1. The van der Waals surface area contributed by atoms with E-state index in [-0.39, 0.29) is 4.90 Å². The Morgan fingerprint density at radius 2 is 1.50 bits per heavy atom. The average molecular weight is 320 g/mol. The summed E-state index contributed by atoms with van der Waals surface area (Å²) in [6.07, 6.45) is 5.64. The Morgan fingerprint density at radius 3 is 2.09 bits per heavy atom. The van der Waals surface area contributed by atoms with Crippen LogP contribution in [0.25, 0.3) is 10.8 Å². The third kappa shape index (κ3) is 3.68. The minimum Gasteiger partial charge on any atom is -0.282 e. The first kappa shape index (κ1) is 17.0. The third-order valence-electron chi connectivity index (χ3n) is 4.04. The maximum absolute atomic E-state index is 11.9. The molecule has 0 amide bonds. The molecule has 0 bridgehead atoms. The van der Waals surface area contributed by atoms with Crippen LogP contribution in [0.3, 0.4) is 0 Å². The van der Waals surface area contributed by atoms with Crippen LogP contribution in [0.4, 0.5) is 0 Å². The van der Waals surface area contributed by atoms with Gasteiger partial charge in [-0.05, 0) is 42.2 Å². The van der Waals surface area contributed by atoms with Crippen molar-refractivity contribution in [3.05, 3.63) is 41.5 Å². The maximum Gasteiger partial charge on any atom is 0.295 e. The van der Waals surface area contributed by atoms with E-state index in [1.165, 1.54) is 0 Å². The minimum absolute atomic E-state index is 0.0943. The molecule has 0 fully saturated rings. The fourth-order valence-electron chi connectivity index (χ4n) is 2.89. The van der Waals surface area contributed by atoms with Crippen molar-refractivity contribution in [1.82, 2.24) is 0 Å². The Hall–Kier alpha value is -1.39. The van der Waals surface area contributed by atoms with Crippen LogP contribution in [-0.2, 0) is 23.0 Å². The monoisotopic (exact) mass is 320 g/mol. The third-order valence-corrected chi connectivity index (χ3v) is 5.04. The lowest BCUT2D eigenvalue weighted by atomic mass is 9.97. The molecule has 2 aromatic carbocycles. The highest BCUT2D eigenvalue weighted by atomic mass is 32.2. The zero-order chi connectivity index (χ0) is 16.2. The first-order valence-corrected chi connectivity index (χ1v) is 9.44. The largest absolute Gasteiger partial charge is 0.295 e. The first-order valence-electron chi connectivity index (χ1n) is 8.00. The van der Waals surface area contributed by atoms with E-state index in [9.17, 15) is 13.0 Å². The van der Waals surface area contributed by atoms with Crippen LogP contribution < -0.4 is 0 Å². The van der Waals surface area contributed by atoms with Crippen molar-refractivity contribution in [3.8, 4) is 0 Å². The van der Waals surface area contributed by atoms with Crippen LogP contribution in [0.15, 0.2) is 35.2 Å². The van der Waals surface area contributed by atoms with Crippen molar-refractivity contribution in [1.29, 1.82) is 0 Å². The molecule has 0 aliphatic heterocycles. The molecule has 2 rings (SSSR count). The van der Waals surface area contributed by atoms with Gasteiger partial charge in [0.1, 0.15) is 4.90 Å². The summed E-state index contributed by atoms with van der Waals surface area (Å²) in [6.45, 7) is 4.20. The van der Waals surface area contributed by atoms with Crippen molar-refractivity contribution >= 4 is 20.9 Å². The topological polar surface area (TPSA) is 54.4 Å². The summed E-state index contributed by atoms with van der Waals surface area (Å²) in [6, 6.07) is 9.57. The van der Waals surface area contributed by atoms with Crippen molar-refractivity contribution in [2.45, 2.75) is 57.3 Å². The van der Waals surface area contributed by atoms with Gasteiger partial charge in [-0.3, -0.25) is 4.55 Å². The van der Waals surface area contributed by atoms with Gasteiger partial charge < -0.3 is 0 Å². The van der Waals surface area contributed by atoms with E-state index >= 15 is 0 Å². The molecule has 0 unspecified atom stereocenters. The fourth-order valence-corrected chi connectivity index (χ4v) is 3.85. The average Bonchev–Trinajstić information content (AvgIpc) is 2.48. The molecule has 4 heteroatoms. The van der Waals surface area contributed by atoms with E-state index in [1.807, 2.05) is 24.3 Å². The second-order valence-corrected chi connectivity index (χ2v) is 7.11. The summed E-state index contributed by atoms with van der Waals surface area (Å²) < 4.78 is 33.5. The lowest BCUT2D eigenvalue weighted by Gasteiger charge is -2.13. The molecule has 120 valence electrons. The zero-order valence-corrected chi connectivity index (χ0v) is 14.1. The fraction of sp³-hybridized carbons (Fsp3) is 0.444. The molecule has 0 aliphatic carbocycles. The molecule has 0 heterocycles. The normalized spacial score (nSPS) is 12.0. The predicted molar refractivity (Wildman–Crippen MR) is 91.0 cm³/mol. The molecule has 0 atom stereocenters. The zero-order valence-electron chi connectivity index (χ0n) is 13.3. The maximum atomic E-state index is 11.9. The quantitative estimate of drug-likeness (QED) is 0.747. The standard InChI is InChI=1S/C18H24O3S/c1-3-5-8-14-10-7-11-17-16(14)13-12-15(9-6-4-2)18(17)22(19,20)21/h7,10-13H,3-6,8-9H2,1-2H3,(H,19,20,21). The second-order valence-electron chi connectivity index (χ2n) is 5.75. The first-order chi connectivity index (χ1) is 10.5. The Bertz CT molecular complexity index is 748. The summed E-state index contributed by atoms with van der Waals surface area (Å²) in [5, 5.41) is 1.58. The van der Waals surface area contributed by atoms with Crippen LogP contribution in [-0.4, -0.2) is 13.0 Å². The molecule has 0 aliphatic rings. The number of aryl methyl sites for hydroxylation is 2. The van der Waals surface area contributed by atoms with E-state index in [2.05, 4.69) is 13.8 Å². The predicted octanol–water partition coefficient (Wildman–Crippen LogP) is 4.77. The van der Waals surface area contributed by atoms with Crippen LogP contribution in [0.1, 0.15) is 50.7 Å². The highest BCUT2D eigenvalue weighted by molar-refractivity contribution is 7.86. The summed E-state index contributed by atoms with van der Waals surface area (Å²) in [4.78, 5) is 0.0943. The second kappa shape index (κ2) is 7.25. The Labute approximate surface area is 133 Å². The van der Waals surface area contributed by atoms with Gasteiger partial charge in [-0.2, -0.15) is 8.42 Å². The van der Waals surface area contributed by atoms with Gasteiger partial charge in [0.2, 0.25) is 0 Å². The van der Waals surface area contributed by atoms with E-state index < -0.39 is 10.1 Å². The molecule has 0 saturated carbocycles. The minimum atomic E-state index is -4.23. The Morgan fingerprint density at radius 1 is 0.864 bits per heavy atom. The number of hydrogen-bond acceptors (Lipinski definition) is 2. The molecule has 0 aromatic heterocycles. The van der Waals surface area contributed by atoms with E-state index in [0.29, 0.717) is 17.4 Å². The molecule has 3 nitrogen and oxygen atoms in total. The van der Waals surface area contributed by atoms with Gasteiger partial charge in [-0.1, -0.05) is 57.0 Å². The Kier molecular flexibility index (Phi) is 5.59. The van der Waals surface area contributed by atoms with Gasteiger partial charge in [-0.15, -0.1) is 0 Å². The molecule has 0 spiro atoms. The highest BCUT2D eigenvalue weighted by Gasteiger charge is 2.19. The Balaban J connectivity index is 2.66. The van der Waals surface area contributed by atoms with Gasteiger partial charge in [0.15, 0.2) is 0 Å². The van der Waals surface area contributed by atoms with Crippen molar-refractivity contribution in [2.75, 3.05) is 0 Å². The summed E-state index contributed by atoms with van der Waals surface area (Å²) in [5.74, 6) is 0. The van der Waals surface area contributed by atoms with Crippen molar-refractivity contribution < 1.29 is 13.0 Å². The number of unbranched alkanes of at least 4 members (excludes halogenated alkanes) is 2. The summed E-state index contributed by atoms with van der Waals surface area (Å²) in [7, 11) is -4.23. The van der Waals surface area contributed by atoms with Gasteiger partial charge >= 0.3 is 0 Å². The number of rotatable bonds is 7. The van der Waals surface area contributed by atoms with Gasteiger partial charge in [-0.25, -0.2) is 0 Å². The van der Waals surface area contributed by atoms with Crippen LogP contribution >= 0.6 is 0 Å². The lowest BCUT2D eigenvalue weighted by Crippen LogP contribution is -2.05. The van der Waals surface area contributed by atoms with Crippen LogP contribution in [0, 0.1) is 0 Å². The molecular weight excluding hydrogens is 296 g/mol. The number of fused-ring (bicyclic) bond motifs is 1. The molecular formula is C18H24O3S. The van der Waals surface area contributed by atoms with Gasteiger partial charge in [0, 0.05) is 5.39 Å². The molecule has 22 heavy (non-hydrogen) atoms. The van der Waals surface area contributed by atoms with Crippen molar-refractivity contribution in [3.63, 3.8) is 0 Å². The molecule has 0 radical (unpaired) electrons. The molecule has 1 N–H and O–H groups in total. The number of benzene rings is 2. The van der Waals surface area contributed by atoms with E-state index in [0.717, 1.165) is 43.1 Å². The van der Waals surface area contributed by atoms with Crippen LogP contribution in [0.5, 0.6) is 0 Å². The smallest absolute Gasteiger partial charge is 0.282 e. The van der Waals surface area contributed by atoms with Gasteiger partial charge in [0.05, 0.1) is 0 Å². The molecule has 2 aromatic rings. The van der Waals surface area contributed by atoms with Crippen molar-refractivity contribution in [2.24, 2.45) is 0 Å². The van der Waals surface area contributed by atoms with E-state index in [1.54, 1.807) is 6.07 Å². The van der Waals surface area contributed by atoms with E-state index in [4.69, 9.17) is 0 Å². The van der Waals surface area contributed by atoms with Gasteiger partial charge in [0.25, 0.3) is 10.1 Å². The summed E-state index contributed by atoms with van der Waals surface area (Å²) >= 11 is 0. The highest BCUT2D eigenvalue weighted by Crippen LogP contribution is 2.30.